The molecular formula is C8H9NO3S. The Bertz CT molecular complexity index is 347. The van der Waals surface area contributed by atoms with Crippen molar-refractivity contribution >= 4 is 17.3 Å². The van der Waals surface area contributed by atoms with Crippen LogP contribution >= 0.6 is 11.3 Å². The van der Waals surface area contributed by atoms with Gasteiger partial charge in [0.05, 0.1) is 11.6 Å². The number of thiazole rings is 1. The molecule has 70 valence electrons. The van der Waals surface area contributed by atoms with Gasteiger partial charge in [0.15, 0.2) is 5.06 Å². The monoisotopic (exact) mass is 199 g/mol. The third-order valence-corrected chi connectivity index (χ3v) is 2.89. The molecule has 1 aromatic rings. The molecular weight excluding hydrogens is 190 g/mol. The molecule has 1 aliphatic rings. The van der Waals surface area contributed by atoms with Gasteiger partial charge in [0.25, 0.3) is 0 Å². The zero-order chi connectivity index (χ0) is 9.42. The highest BCUT2D eigenvalue weighted by Crippen LogP contribution is 2.37. The number of hydrogen-bond donors (Lipinski definition) is 1. The highest BCUT2D eigenvalue weighted by atomic mass is 32.1. The molecule has 0 bridgehead atoms. The molecule has 0 saturated carbocycles. The normalized spacial score (nSPS) is 20.5. The summed E-state index contributed by atoms with van der Waals surface area (Å²) in [5.74, 6) is -1.29. The lowest BCUT2D eigenvalue weighted by Gasteiger charge is -2.17. The third kappa shape index (κ3) is 1.39. The van der Waals surface area contributed by atoms with Crippen molar-refractivity contribution in [2.45, 2.75) is 19.3 Å². The largest absolute Gasteiger partial charge is 0.482 e. The number of rotatable bonds is 1. The quantitative estimate of drug-likeness (QED) is 0.742. The van der Waals surface area contributed by atoms with E-state index in [0.717, 1.165) is 5.01 Å². The van der Waals surface area contributed by atoms with Crippen molar-refractivity contribution in [3.05, 3.63) is 10.7 Å². The molecule has 1 atom stereocenters. The lowest BCUT2D eigenvalue weighted by atomic mass is 10.0. The Morgan fingerprint density at radius 1 is 1.77 bits per heavy atom. The molecule has 13 heavy (non-hydrogen) atoms. The Kier molecular flexibility index (Phi) is 1.95. The summed E-state index contributed by atoms with van der Waals surface area (Å²) in [5.41, 5.74) is 0.598. The number of hydrogen-bond acceptors (Lipinski definition) is 4. The SMILES string of the molecule is Cc1nc2c(s1)OCCC2C(=O)O. The molecule has 0 saturated heterocycles. The Labute approximate surface area is 79.2 Å². The van der Waals surface area contributed by atoms with E-state index in [1.807, 2.05) is 6.92 Å². The first-order valence-corrected chi connectivity index (χ1v) is 4.83. The zero-order valence-corrected chi connectivity index (χ0v) is 7.93. The van der Waals surface area contributed by atoms with Crippen LogP contribution in [-0.4, -0.2) is 22.7 Å². The van der Waals surface area contributed by atoms with Gasteiger partial charge >= 0.3 is 5.97 Å². The molecule has 0 amide bonds. The molecule has 0 radical (unpaired) electrons. The van der Waals surface area contributed by atoms with E-state index in [0.29, 0.717) is 23.8 Å². The molecule has 1 aromatic heterocycles. The van der Waals surface area contributed by atoms with Crippen molar-refractivity contribution in [3.63, 3.8) is 0 Å². The number of nitrogens with zero attached hydrogens (tertiary/aromatic N) is 1. The van der Waals surface area contributed by atoms with E-state index >= 15 is 0 Å². The highest BCUT2D eigenvalue weighted by Gasteiger charge is 2.30. The Morgan fingerprint density at radius 3 is 3.23 bits per heavy atom. The molecule has 2 rings (SSSR count). The van der Waals surface area contributed by atoms with Crippen LogP contribution in [0.3, 0.4) is 0 Å². The Hall–Kier alpha value is -1.10. The minimum Gasteiger partial charge on any atom is -0.482 e. The lowest BCUT2D eigenvalue weighted by molar-refractivity contribution is -0.139. The molecule has 0 spiro atoms. The fraction of sp³-hybridized carbons (Fsp3) is 0.500. The number of aliphatic carboxylic acids is 1. The van der Waals surface area contributed by atoms with Crippen LogP contribution in [0, 0.1) is 6.92 Å². The molecule has 0 fully saturated rings. The second kappa shape index (κ2) is 2.99. The first kappa shape index (κ1) is 8.50. The number of carbonyl (C=O) groups is 1. The van der Waals surface area contributed by atoms with Crippen molar-refractivity contribution in [2.75, 3.05) is 6.61 Å². The molecule has 1 unspecified atom stereocenters. The van der Waals surface area contributed by atoms with Crippen LogP contribution in [0.1, 0.15) is 23.0 Å². The van der Waals surface area contributed by atoms with Gasteiger partial charge in [-0.3, -0.25) is 4.79 Å². The van der Waals surface area contributed by atoms with Crippen LogP contribution in [0.15, 0.2) is 0 Å². The van der Waals surface area contributed by atoms with E-state index < -0.39 is 11.9 Å². The number of carboxylic acids is 1. The average Bonchev–Trinajstić information content (AvgIpc) is 2.43. The van der Waals surface area contributed by atoms with Crippen molar-refractivity contribution in [1.82, 2.24) is 4.98 Å². The number of ether oxygens (including phenoxy) is 1. The van der Waals surface area contributed by atoms with Gasteiger partial charge < -0.3 is 9.84 Å². The molecule has 5 heteroatoms. The predicted molar refractivity (Wildman–Crippen MR) is 47.3 cm³/mol. The van der Waals surface area contributed by atoms with Crippen LogP contribution in [-0.2, 0) is 4.79 Å². The van der Waals surface area contributed by atoms with E-state index in [9.17, 15) is 4.79 Å². The van der Waals surface area contributed by atoms with Gasteiger partial charge in [0, 0.05) is 6.42 Å². The fourth-order valence-electron chi connectivity index (χ4n) is 1.39. The summed E-state index contributed by atoms with van der Waals surface area (Å²) < 4.78 is 5.32. The van der Waals surface area contributed by atoms with E-state index in [4.69, 9.17) is 9.84 Å². The molecule has 1 aliphatic heterocycles. The minimum atomic E-state index is -0.810. The molecule has 2 heterocycles. The zero-order valence-electron chi connectivity index (χ0n) is 7.11. The fourth-order valence-corrected chi connectivity index (χ4v) is 2.24. The van der Waals surface area contributed by atoms with Crippen molar-refractivity contribution in [1.29, 1.82) is 0 Å². The first-order valence-electron chi connectivity index (χ1n) is 4.01. The van der Waals surface area contributed by atoms with Gasteiger partial charge in [0.2, 0.25) is 0 Å². The topological polar surface area (TPSA) is 59.4 Å². The molecule has 0 aliphatic carbocycles. The van der Waals surface area contributed by atoms with Crippen LogP contribution in [0.5, 0.6) is 5.06 Å². The summed E-state index contributed by atoms with van der Waals surface area (Å²) in [5, 5.41) is 10.4. The van der Waals surface area contributed by atoms with Gasteiger partial charge in [0.1, 0.15) is 11.6 Å². The Balaban J connectivity index is 2.41. The number of aryl methyl sites for hydroxylation is 1. The second-order valence-electron chi connectivity index (χ2n) is 2.93. The van der Waals surface area contributed by atoms with Gasteiger partial charge in [-0.25, -0.2) is 4.98 Å². The third-order valence-electron chi connectivity index (χ3n) is 2.00. The van der Waals surface area contributed by atoms with E-state index in [-0.39, 0.29) is 0 Å². The summed E-state index contributed by atoms with van der Waals surface area (Å²) in [6.07, 6.45) is 0.519. The standard InChI is InChI=1S/C8H9NO3S/c1-4-9-6-5(7(10)11)2-3-12-8(6)13-4/h5H,2-3H2,1H3,(H,10,11). The maximum absolute atomic E-state index is 10.8. The van der Waals surface area contributed by atoms with Crippen LogP contribution in [0.25, 0.3) is 0 Å². The summed E-state index contributed by atoms with van der Waals surface area (Å²) in [6, 6.07) is 0. The second-order valence-corrected chi connectivity index (χ2v) is 4.10. The van der Waals surface area contributed by atoms with E-state index in [1.165, 1.54) is 11.3 Å². The van der Waals surface area contributed by atoms with Gasteiger partial charge in [-0.2, -0.15) is 0 Å². The predicted octanol–water partition coefficient (Wildman–Crippen LogP) is 1.40. The maximum Gasteiger partial charge on any atom is 0.312 e. The van der Waals surface area contributed by atoms with Crippen LogP contribution in [0.4, 0.5) is 0 Å². The van der Waals surface area contributed by atoms with E-state index in [1.54, 1.807) is 0 Å². The number of aromatic nitrogens is 1. The van der Waals surface area contributed by atoms with Gasteiger partial charge in [-0.05, 0) is 6.92 Å². The first-order chi connectivity index (χ1) is 6.18. The Morgan fingerprint density at radius 2 is 2.54 bits per heavy atom. The highest BCUT2D eigenvalue weighted by molar-refractivity contribution is 7.13. The van der Waals surface area contributed by atoms with Gasteiger partial charge in [-0.15, -0.1) is 0 Å². The summed E-state index contributed by atoms with van der Waals surface area (Å²) in [4.78, 5) is 15.0. The minimum absolute atomic E-state index is 0.478. The average molecular weight is 199 g/mol. The molecule has 4 nitrogen and oxygen atoms in total. The van der Waals surface area contributed by atoms with Crippen molar-refractivity contribution in [2.24, 2.45) is 0 Å². The smallest absolute Gasteiger partial charge is 0.312 e. The van der Waals surface area contributed by atoms with Gasteiger partial charge in [-0.1, -0.05) is 11.3 Å². The number of fused-ring (bicyclic) bond motifs is 1. The van der Waals surface area contributed by atoms with Crippen molar-refractivity contribution in [3.8, 4) is 5.06 Å². The maximum atomic E-state index is 10.8. The molecule has 0 aromatic carbocycles. The lowest BCUT2D eigenvalue weighted by Crippen LogP contribution is -2.20. The van der Waals surface area contributed by atoms with Crippen LogP contribution < -0.4 is 4.74 Å². The van der Waals surface area contributed by atoms with Crippen LogP contribution in [0.2, 0.25) is 0 Å². The van der Waals surface area contributed by atoms with Crippen molar-refractivity contribution < 1.29 is 14.6 Å². The summed E-state index contributed by atoms with van der Waals surface area (Å²) >= 11 is 1.41. The number of carboxylic acid groups (broad SMARTS) is 1. The summed E-state index contributed by atoms with van der Waals surface area (Å²) in [6.45, 7) is 2.33. The summed E-state index contributed by atoms with van der Waals surface area (Å²) in [7, 11) is 0. The molecule has 1 N–H and O–H groups in total. The van der Waals surface area contributed by atoms with E-state index in [2.05, 4.69) is 4.98 Å².